The Morgan fingerprint density at radius 1 is 1.38 bits per heavy atom. The van der Waals surface area contributed by atoms with Crippen molar-refractivity contribution in [3.63, 3.8) is 0 Å². The molecule has 0 aromatic heterocycles. The van der Waals surface area contributed by atoms with Gasteiger partial charge in [0.1, 0.15) is 5.82 Å². The molecular weight excluding hydrogens is 269 g/mol. The van der Waals surface area contributed by atoms with E-state index in [1.54, 1.807) is 6.07 Å². The van der Waals surface area contributed by atoms with Crippen molar-refractivity contribution in [1.82, 2.24) is 0 Å². The third kappa shape index (κ3) is 2.83. The first kappa shape index (κ1) is 12.1. The molecule has 0 heterocycles. The summed E-state index contributed by atoms with van der Waals surface area (Å²) in [5.41, 5.74) is 6.88. The van der Waals surface area contributed by atoms with Gasteiger partial charge in [0.25, 0.3) is 0 Å². The van der Waals surface area contributed by atoms with E-state index in [4.69, 9.17) is 5.73 Å². The van der Waals surface area contributed by atoms with Gasteiger partial charge in [-0.15, -0.1) is 0 Å². The van der Waals surface area contributed by atoms with Crippen molar-refractivity contribution in [3.05, 3.63) is 34.1 Å². The van der Waals surface area contributed by atoms with Crippen molar-refractivity contribution in [2.45, 2.75) is 38.1 Å². The zero-order valence-corrected chi connectivity index (χ0v) is 10.8. The number of benzene rings is 1. The van der Waals surface area contributed by atoms with E-state index in [1.165, 1.54) is 31.7 Å². The third-order valence-electron chi connectivity index (χ3n) is 3.47. The Kier molecular flexibility index (Phi) is 3.98. The van der Waals surface area contributed by atoms with Crippen molar-refractivity contribution in [2.24, 2.45) is 11.7 Å². The molecule has 1 atom stereocenters. The van der Waals surface area contributed by atoms with Crippen molar-refractivity contribution in [1.29, 1.82) is 0 Å². The van der Waals surface area contributed by atoms with E-state index in [-0.39, 0.29) is 11.9 Å². The Morgan fingerprint density at radius 3 is 2.75 bits per heavy atom. The summed E-state index contributed by atoms with van der Waals surface area (Å²) in [6.07, 6.45) is 5.61. The number of rotatable bonds is 3. The van der Waals surface area contributed by atoms with Crippen LogP contribution in [-0.4, -0.2) is 6.04 Å². The lowest BCUT2D eigenvalue weighted by Gasteiger charge is -2.19. The van der Waals surface area contributed by atoms with Crippen molar-refractivity contribution >= 4 is 15.9 Å². The van der Waals surface area contributed by atoms with Gasteiger partial charge in [-0.25, -0.2) is 4.39 Å². The minimum Gasteiger partial charge on any atom is -0.327 e. The molecule has 1 aromatic rings. The average Bonchev–Trinajstić information content (AvgIpc) is 2.76. The highest BCUT2D eigenvalue weighted by Crippen LogP contribution is 2.29. The van der Waals surface area contributed by atoms with E-state index in [9.17, 15) is 4.39 Å². The quantitative estimate of drug-likeness (QED) is 0.901. The molecule has 1 aromatic carbocycles. The van der Waals surface area contributed by atoms with Crippen LogP contribution in [0, 0.1) is 11.7 Å². The van der Waals surface area contributed by atoms with Crippen molar-refractivity contribution in [3.8, 4) is 0 Å². The molecule has 3 heteroatoms. The molecule has 2 N–H and O–H groups in total. The summed E-state index contributed by atoms with van der Waals surface area (Å²) in [7, 11) is 0. The van der Waals surface area contributed by atoms with Gasteiger partial charge in [-0.1, -0.05) is 28.8 Å². The maximum atomic E-state index is 13.5. The lowest BCUT2D eigenvalue weighted by atomic mass is 9.93. The molecular formula is C13H17BrFN. The summed E-state index contributed by atoms with van der Waals surface area (Å²) in [4.78, 5) is 0. The number of nitrogens with two attached hydrogens (primary N) is 1. The molecule has 1 aliphatic rings. The molecule has 1 fully saturated rings. The van der Waals surface area contributed by atoms with Crippen LogP contribution >= 0.6 is 15.9 Å². The Balaban J connectivity index is 2.04. The molecule has 16 heavy (non-hydrogen) atoms. The summed E-state index contributed by atoms with van der Waals surface area (Å²) in [6.45, 7) is 0. The van der Waals surface area contributed by atoms with E-state index in [1.807, 2.05) is 6.07 Å². The van der Waals surface area contributed by atoms with Crippen LogP contribution in [0.4, 0.5) is 4.39 Å². The van der Waals surface area contributed by atoms with Crippen LogP contribution in [0.15, 0.2) is 22.7 Å². The standard InChI is InChI=1S/C13H17BrFN/c14-11-5-6-12(15)10(7-11)8-13(16)9-3-1-2-4-9/h5-7,9,13H,1-4,8,16H2. The van der Waals surface area contributed by atoms with E-state index < -0.39 is 0 Å². The molecule has 0 spiro atoms. The van der Waals surface area contributed by atoms with Crippen molar-refractivity contribution in [2.75, 3.05) is 0 Å². The van der Waals surface area contributed by atoms with Crippen LogP contribution in [0.25, 0.3) is 0 Å². The predicted molar refractivity (Wildman–Crippen MR) is 67.7 cm³/mol. The van der Waals surface area contributed by atoms with Crippen LogP contribution in [0.1, 0.15) is 31.2 Å². The largest absolute Gasteiger partial charge is 0.327 e. The fourth-order valence-electron chi connectivity index (χ4n) is 2.51. The van der Waals surface area contributed by atoms with Gasteiger partial charge in [0.2, 0.25) is 0 Å². The highest BCUT2D eigenvalue weighted by molar-refractivity contribution is 9.10. The summed E-state index contributed by atoms with van der Waals surface area (Å²) < 4.78 is 14.5. The van der Waals surface area contributed by atoms with Crippen molar-refractivity contribution < 1.29 is 4.39 Å². The summed E-state index contributed by atoms with van der Waals surface area (Å²) in [5.74, 6) is 0.440. The monoisotopic (exact) mass is 285 g/mol. The van der Waals surface area contributed by atoms with E-state index in [0.717, 1.165) is 10.0 Å². The summed E-state index contributed by atoms with van der Waals surface area (Å²) >= 11 is 3.36. The second-order valence-electron chi connectivity index (χ2n) is 4.65. The molecule has 1 unspecified atom stereocenters. The topological polar surface area (TPSA) is 26.0 Å². The highest BCUT2D eigenvalue weighted by Gasteiger charge is 2.22. The van der Waals surface area contributed by atoms with Crippen LogP contribution in [0.2, 0.25) is 0 Å². The summed E-state index contributed by atoms with van der Waals surface area (Å²) in [6, 6.07) is 5.16. The van der Waals surface area contributed by atoms with Gasteiger partial charge in [-0.3, -0.25) is 0 Å². The van der Waals surface area contributed by atoms with Crippen LogP contribution in [-0.2, 0) is 6.42 Å². The first-order valence-electron chi connectivity index (χ1n) is 5.86. The van der Waals surface area contributed by atoms with Gasteiger partial charge < -0.3 is 5.73 Å². The Hall–Kier alpha value is -0.410. The Labute approximate surface area is 104 Å². The molecule has 0 bridgehead atoms. The lowest BCUT2D eigenvalue weighted by Crippen LogP contribution is -2.31. The smallest absolute Gasteiger partial charge is 0.126 e. The number of halogens is 2. The highest BCUT2D eigenvalue weighted by atomic mass is 79.9. The number of hydrogen-bond donors (Lipinski definition) is 1. The molecule has 1 aliphatic carbocycles. The van der Waals surface area contributed by atoms with Crippen LogP contribution in [0.5, 0.6) is 0 Å². The van der Waals surface area contributed by atoms with E-state index >= 15 is 0 Å². The molecule has 0 amide bonds. The fourth-order valence-corrected chi connectivity index (χ4v) is 2.91. The third-order valence-corrected chi connectivity index (χ3v) is 3.96. The molecule has 0 saturated heterocycles. The summed E-state index contributed by atoms with van der Waals surface area (Å²) in [5, 5.41) is 0. The van der Waals surface area contributed by atoms with Gasteiger partial charge in [-0.05, 0) is 48.9 Å². The molecule has 2 rings (SSSR count). The molecule has 0 radical (unpaired) electrons. The first-order valence-corrected chi connectivity index (χ1v) is 6.65. The normalized spacial score (nSPS) is 18.9. The van der Waals surface area contributed by atoms with Gasteiger partial charge in [0.15, 0.2) is 0 Å². The zero-order chi connectivity index (χ0) is 11.5. The Morgan fingerprint density at radius 2 is 2.06 bits per heavy atom. The molecule has 1 saturated carbocycles. The maximum Gasteiger partial charge on any atom is 0.126 e. The average molecular weight is 286 g/mol. The van der Waals surface area contributed by atoms with Crippen LogP contribution in [0.3, 0.4) is 0 Å². The van der Waals surface area contributed by atoms with Gasteiger partial charge >= 0.3 is 0 Å². The number of hydrogen-bond acceptors (Lipinski definition) is 1. The van der Waals surface area contributed by atoms with Gasteiger partial charge in [0, 0.05) is 10.5 Å². The molecule has 1 nitrogen and oxygen atoms in total. The van der Waals surface area contributed by atoms with E-state index in [2.05, 4.69) is 15.9 Å². The SMILES string of the molecule is NC(Cc1cc(Br)ccc1F)C1CCCC1. The lowest BCUT2D eigenvalue weighted by molar-refractivity contribution is 0.423. The van der Waals surface area contributed by atoms with Gasteiger partial charge in [-0.2, -0.15) is 0 Å². The van der Waals surface area contributed by atoms with Gasteiger partial charge in [0.05, 0.1) is 0 Å². The second-order valence-corrected chi connectivity index (χ2v) is 5.56. The maximum absolute atomic E-state index is 13.5. The predicted octanol–water partition coefficient (Wildman–Crippen LogP) is 3.65. The van der Waals surface area contributed by atoms with Crippen LogP contribution < -0.4 is 5.73 Å². The minimum atomic E-state index is -0.142. The minimum absolute atomic E-state index is 0.103. The molecule has 0 aliphatic heterocycles. The molecule has 88 valence electrons. The Bertz CT molecular complexity index is 361. The van der Waals surface area contributed by atoms with E-state index in [0.29, 0.717) is 12.3 Å². The second kappa shape index (κ2) is 5.28. The zero-order valence-electron chi connectivity index (χ0n) is 9.26. The first-order chi connectivity index (χ1) is 7.66. The fraction of sp³-hybridized carbons (Fsp3) is 0.538.